The highest BCUT2D eigenvalue weighted by atomic mass is 32.1. The molecule has 1 fully saturated rings. The summed E-state index contributed by atoms with van der Waals surface area (Å²) in [4.78, 5) is 4.53. The zero-order valence-electron chi connectivity index (χ0n) is 14.3. The third kappa shape index (κ3) is 4.70. The Kier molecular flexibility index (Phi) is 5.85. The molecule has 0 spiro atoms. The second kappa shape index (κ2) is 8.48. The number of benzene rings is 2. The van der Waals surface area contributed by atoms with Crippen molar-refractivity contribution in [1.82, 2.24) is 10.3 Å². The van der Waals surface area contributed by atoms with E-state index in [4.69, 9.17) is 17.0 Å². The van der Waals surface area contributed by atoms with Crippen molar-refractivity contribution < 1.29 is 4.74 Å². The third-order valence-electron chi connectivity index (χ3n) is 4.18. The normalized spacial score (nSPS) is 14.6. The van der Waals surface area contributed by atoms with Crippen molar-refractivity contribution in [3.63, 3.8) is 0 Å². The molecule has 2 aromatic carbocycles. The lowest BCUT2D eigenvalue weighted by Gasteiger charge is -2.36. The zero-order valence-corrected chi connectivity index (χ0v) is 15.1. The number of para-hydroxylation sites is 1. The van der Waals surface area contributed by atoms with Crippen LogP contribution in [0.2, 0.25) is 0 Å². The van der Waals surface area contributed by atoms with Crippen LogP contribution < -0.4 is 15.1 Å². The smallest absolute Gasteiger partial charge is 0.189 e. The molecule has 6 heteroatoms. The fourth-order valence-corrected chi connectivity index (χ4v) is 2.96. The van der Waals surface area contributed by atoms with Gasteiger partial charge in [-0.3, -0.25) is 5.43 Å². The molecule has 1 saturated heterocycles. The Labute approximate surface area is 153 Å². The summed E-state index contributed by atoms with van der Waals surface area (Å²) in [5.74, 6) is 0.830. The van der Waals surface area contributed by atoms with Gasteiger partial charge in [0.1, 0.15) is 5.75 Å². The Bertz CT molecular complexity index is 710. The fourth-order valence-electron chi connectivity index (χ4n) is 2.73. The first-order valence-electron chi connectivity index (χ1n) is 8.28. The van der Waals surface area contributed by atoms with Crippen LogP contribution in [-0.4, -0.2) is 49.5 Å². The van der Waals surface area contributed by atoms with E-state index in [0.717, 1.165) is 37.5 Å². The molecule has 3 rings (SSSR count). The van der Waals surface area contributed by atoms with E-state index in [-0.39, 0.29) is 0 Å². The second-order valence-corrected chi connectivity index (χ2v) is 6.14. The summed E-state index contributed by atoms with van der Waals surface area (Å²) in [6.45, 7) is 3.68. The first kappa shape index (κ1) is 17.2. The van der Waals surface area contributed by atoms with Crippen molar-refractivity contribution in [3.05, 3.63) is 60.2 Å². The number of hydrogen-bond acceptors (Lipinski definition) is 4. The van der Waals surface area contributed by atoms with E-state index in [1.165, 1.54) is 5.69 Å². The highest BCUT2D eigenvalue weighted by Gasteiger charge is 2.18. The molecule has 25 heavy (non-hydrogen) atoms. The first-order chi connectivity index (χ1) is 12.3. The predicted octanol–water partition coefficient (Wildman–Crippen LogP) is 2.73. The van der Waals surface area contributed by atoms with E-state index < -0.39 is 0 Å². The first-order valence-corrected chi connectivity index (χ1v) is 8.69. The standard InChI is InChI=1S/C19H22N4OS/c1-24-18-9-7-16(8-10-18)15-20-21-19(25)23-13-11-22(12-14-23)17-5-3-2-4-6-17/h2-10,15H,11-14H2,1H3,(H,21,25)/b20-15+. The van der Waals surface area contributed by atoms with Crippen LogP contribution in [0.15, 0.2) is 59.7 Å². The predicted molar refractivity (Wildman–Crippen MR) is 107 cm³/mol. The van der Waals surface area contributed by atoms with Crippen LogP contribution in [0, 0.1) is 0 Å². The molecule has 1 aliphatic rings. The number of thiocarbonyl (C=S) groups is 1. The van der Waals surface area contributed by atoms with Gasteiger partial charge in [0.2, 0.25) is 0 Å². The summed E-state index contributed by atoms with van der Waals surface area (Å²) in [7, 11) is 1.65. The Hall–Kier alpha value is -2.60. The Morgan fingerprint density at radius 3 is 2.36 bits per heavy atom. The van der Waals surface area contributed by atoms with Crippen LogP contribution >= 0.6 is 12.2 Å². The van der Waals surface area contributed by atoms with E-state index in [1.54, 1.807) is 13.3 Å². The van der Waals surface area contributed by atoms with Crippen LogP contribution in [0.5, 0.6) is 5.75 Å². The SMILES string of the molecule is COc1ccc(/C=N/NC(=S)N2CCN(c3ccccc3)CC2)cc1. The highest BCUT2D eigenvalue weighted by molar-refractivity contribution is 7.80. The molecule has 0 aliphatic carbocycles. The third-order valence-corrected chi connectivity index (χ3v) is 4.53. The summed E-state index contributed by atoms with van der Waals surface area (Å²) in [6.07, 6.45) is 1.76. The Morgan fingerprint density at radius 2 is 1.72 bits per heavy atom. The maximum Gasteiger partial charge on any atom is 0.189 e. The summed E-state index contributed by atoms with van der Waals surface area (Å²) in [6, 6.07) is 18.2. The van der Waals surface area contributed by atoms with Gasteiger partial charge in [0.25, 0.3) is 0 Å². The van der Waals surface area contributed by atoms with Gasteiger partial charge in [0, 0.05) is 31.9 Å². The van der Waals surface area contributed by atoms with Crippen molar-refractivity contribution in [2.75, 3.05) is 38.2 Å². The van der Waals surface area contributed by atoms with E-state index in [2.05, 4.69) is 44.6 Å². The van der Waals surface area contributed by atoms with E-state index in [1.807, 2.05) is 30.3 Å². The van der Waals surface area contributed by atoms with Crippen molar-refractivity contribution in [1.29, 1.82) is 0 Å². The minimum absolute atomic E-state index is 0.664. The van der Waals surface area contributed by atoms with E-state index in [9.17, 15) is 0 Å². The number of nitrogens with one attached hydrogen (secondary N) is 1. The van der Waals surface area contributed by atoms with Gasteiger partial charge in [-0.15, -0.1) is 0 Å². The van der Waals surface area contributed by atoms with Gasteiger partial charge in [-0.25, -0.2) is 0 Å². The van der Waals surface area contributed by atoms with Gasteiger partial charge in [-0.1, -0.05) is 18.2 Å². The minimum Gasteiger partial charge on any atom is -0.497 e. The number of hydrazone groups is 1. The van der Waals surface area contributed by atoms with Crippen molar-refractivity contribution in [2.45, 2.75) is 0 Å². The molecular weight excluding hydrogens is 332 g/mol. The van der Waals surface area contributed by atoms with Crippen molar-refractivity contribution in [2.24, 2.45) is 5.10 Å². The summed E-state index contributed by atoms with van der Waals surface area (Å²) in [5.41, 5.74) is 5.21. The van der Waals surface area contributed by atoms with Gasteiger partial charge in [0.05, 0.1) is 13.3 Å². The number of methoxy groups -OCH3 is 1. The minimum atomic E-state index is 0.664. The Balaban J connectivity index is 1.47. The Morgan fingerprint density at radius 1 is 1.04 bits per heavy atom. The molecule has 1 aliphatic heterocycles. The van der Waals surface area contributed by atoms with Crippen LogP contribution in [0.3, 0.4) is 0 Å². The monoisotopic (exact) mass is 354 g/mol. The second-order valence-electron chi connectivity index (χ2n) is 5.76. The quantitative estimate of drug-likeness (QED) is 0.519. The maximum absolute atomic E-state index is 5.45. The summed E-state index contributed by atoms with van der Waals surface area (Å²) < 4.78 is 5.14. The zero-order chi connectivity index (χ0) is 17.5. The fraction of sp³-hybridized carbons (Fsp3) is 0.263. The average molecular weight is 354 g/mol. The molecule has 130 valence electrons. The van der Waals surface area contributed by atoms with Crippen LogP contribution in [0.25, 0.3) is 0 Å². The lowest BCUT2D eigenvalue weighted by molar-refractivity contribution is 0.381. The van der Waals surface area contributed by atoms with E-state index >= 15 is 0 Å². The van der Waals surface area contributed by atoms with Gasteiger partial charge in [-0.05, 0) is 54.2 Å². The highest BCUT2D eigenvalue weighted by Crippen LogP contribution is 2.15. The van der Waals surface area contributed by atoms with Crippen LogP contribution in [0.1, 0.15) is 5.56 Å². The van der Waals surface area contributed by atoms with Crippen LogP contribution in [0.4, 0.5) is 5.69 Å². The van der Waals surface area contributed by atoms with Gasteiger partial charge < -0.3 is 14.5 Å². The molecule has 2 aromatic rings. The number of hydrogen-bond donors (Lipinski definition) is 1. The number of anilines is 1. The molecule has 0 saturated carbocycles. The van der Waals surface area contributed by atoms with Gasteiger partial charge in [0.15, 0.2) is 5.11 Å². The molecule has 0 aromatic heterocycles. The number of rotatable bonds is 4. The maximum atomic E-state index is 5.45. The molecule has 0 bridgehead atoms. The summed E-state index contributed by atoms with van der Waals surface area (Å²) in [5, 5.41) is 4.90. The number of ether oxygens (including phenoxy) is 1. The molecule has 5 nitrogen and oxygen atoms in total. The topological polar surface area (TPSA) is 40.1 Å². The number of piperazine rings is 1. The summed E-state index contributed by atoms with van der Waals surface area (Å²) >= 11 is 5.45. The van der Waals surface area contributed by atoms with Crippen molar-refractivity contribution in [3.8, 4) is 5.75 Å². The lowest BCUT2D eigenvalue weighted by Crippen LogP contribution is -2.51. The molecule has 0 amide bonds. The van der Waals surface area contributed by atoms with Gasteiger partial charge >= 0.3 is 0 Å². The van der Waals surface area contributed by atoms with E-state index in [0.29, 0.717) is 5.11 Å². The largest absolute Gasteiger partial charge is 0.497 e. The molecule has 0 unspecified atom stereocenters. The molecular formula is C19H22N4OS. The average Bonchev–Trinajstić information content (AvgIpc) is 2.69. The molecule has 1 heterocycles. The lowest BCUT2D eigenvalue weighted by atomic mass is 10.2. The molecule has 1 N–H and O–H groups in total. The molecule has 0 radical (unpaired) electrons. The van der Waals surface area contributed by atoms with Crippen LogP contribution in [-0.2, 0) is 0 Å². The number of nitrogens with zero attached hydrogens (tertiary/aromatic N) is 3. The van der Waals surface area contributed by atoms with Crippen molar-refractivity contribution >= 4 is 29.2 Å². The van der Waals surface area contributed by atoms with Gasteiger partial charge in [-0.2, -0.15) is 5.10 Å². The molecule has 0 atom stereocenters.